The molecule has 0 spiro atoms. The van der Waals surface area contributed by atoms with E-state index in [9.17, 15) is 4.79 Å². The topological polar surface area (TPSA) is 64.3 Å². The van der Waals surface area contributed by atoms with Crippen molar-refractivity contribution >= 4 is 5.91 Å². The Bertz CT molecular complexity index is 347. The molecular weight excluding hydrogens is 216 g/mol. The zero-order valence-corrected chi connectivity index (χ0v) is 10.4. The standard InChI is InChI=1S/C13H20N2O2/c1-10(2)9-17-12-6-3-11(4-7-12)5-8-13(16)15-14/h3-4,6-7,10H,5,8-9,14H2,1-2H3,(H,15,16). The lowest BCUT2D eigenvalue weighted by molar-refractivity contribution is -0.121. The van der Waals surface area contributed by atoms with Gasteiger partial charge < -0.3 is 4.74 Å². The Morgan fingerprint density at radius 2 is 2.00 bits per heavy atom. The van der Waals surface area contributed by atoms with Crippen LogP contribution in [0.5, 0.6) is 5.75 Å². The van der Waals surface area contributed by atoms with Gasteiger partial charge in [0, 0.05) is 6.42 Å². The number of amides is 1. The van der Waals surface area contributed by atoms with E-state index in [1.165, 1.54) is 0 Å². The number of carbonyl (C=O) groups excluding carboxylic acids is 1. The number of ether oxygens (including phenoxy) is 1. The highest BCUT2D eigenvalue weighted by Gasteiger charge is 2.01. The van der Waals surface area contributed by atoms with Gasteiger partial charge >= 0.3 is 0 Å². The molecule has 4 nitrogen and oxygen atoms in total. The summed E-state index contributed by atoms with van der Waals surface area (Å²) in [5.74, 6) is 6.24. The smallest absolute Gasteiger partial charge is 0.234 e. The van der Waals surface area contributed by atoms with E-state index in [-0.39, 0.29) is 5.91 Å². The van der Waals surface area contributed by atoms with Crippen molar-refractivity contribution in [3.8, 4) is 5.75 Å². The Kier molecular flexibility index (Phi) is 5.49. The minimum atomic E-state index is -0.148. The van der Waals surface area contributed by atoms with Gasteiger partial charge in [0.2, 0.25) is 5.91 Å². The Balaban J connectivity index is 2.42. The SMILES string of the molecule is CC(C)COc1ccc(CCC(=O)NN)cc1. The number of nitrogens with two attached hydrogens (primary N) is 1. The second kappa shape index (κ2) is 6.91. The van der Waals surface area contributed by atoms with Crippen molar-refractivity contribution in [3.63, 3.8) is 0 Å². The lowest BCUT2D eigenvalue weighted by Gasteiger charge is -2.09. The van der Waals surface area contributed by atoms with Crippen LogP contribution in [-0.4, -0.2) is 12.5 Å². The fraction of sp³-hybridized carbons (Fsp3) is 0.462. The maximum atomic E-state index is 11.0. The quantitative estimate of drug-likeness (QED) is 0.448. The Labute approximate surface area is 102 Å². The van der Waals surface area contributed by atoms with E-state index in [1.807, 2.05) is 24.3 Å². The van der Waals surface area contributed by atoms with E-state index >= 15 is 0 Å². The van der Waals surface area contributed by atoms with Gasteiger partial charge in [0.05, 0.1) is 6.61 Å². The second-order valence-corrected chi connectivity index (χ2v) is 4.42. The Morgan fingerprint density at radius 3 is 2.53 bits per heavy atom. The fourth-order valence-corrected chi connectivity index (χ4v) is 1.35. The van der Waals surface area contributed by atoms with Gasteiger partial charge in [-0.2, -0.15) is 0 Å². The maximum absolute atomic E-state index is 11.0. The van der Waals surface area contributed by atoms with Crippen molar-refractivity contribution < 1.29 is 9.53 Å². The number of hydrogen-bond donors (Lipinski definition) is 2. The molecule has 0 radical (unpaired) electrons. The maximum Gasteiger partial charge on any atom is 0.234 e. The van der Waals surface area contributed by atoms with Crippen molar-refractivity contribution in [2.24, 2.45) is 11.8 Å². The summed E-state index contributed by atoms with van der Waals surface area (Å²) in [4.78, 5) is 11.0. The van der Waals surface area contributed by atoms with Crippen LogP contribution >= 0.6 is 0 Å². The van der Waals surface area contributed by atoms with E-state index in [4.69, 9.17) is 10.6 Å². The molecule has 0 aromatic heterocycles. The number of aryl methyl sites for hydroxylation is 1. The summed E-state index contributed by atoms with van der Waals surface area (Å²) in [7, 11) is 0. The number of rotatable bonds is 6. The second-order valence-electron chi connectivity index (χ2n) is 4.42. The summed E-state index contributed by atoms with van der Waals surface area (Å²) in [6, 6.07) is 7.80. The van der Waals surface area contributed by atoms with Crippen LogP contribution in [0.25, 0.3) is 0 Å². The molecule has 3 N–H and O–H groups in total. The first-order valence-electron chi connectivity index (χ1n) is 5.83. The van der Waals surface area contributed by atoms with Gasteiger partial charge in [0.15, 0.2) is 0 Å². The molecule has 0 aliphatic carbocycles. The van der Waals surface area contributed by atoms with Crippen molar-refractivity contribution in [3.05, 3.63) is 29.8 Å². The average Bonchev–Trinajstić information content (AvgIpc) is 2.34. The van der Waals surface area contributed by atoms with Gasteiger partial charge in [0.25, 0.3) is 0 Å². The third-order valence-electron chi connectivity index (χ3n) is 2.31. The highest BCUT2D eigenvalue weighted by atomic mass is 16.5. The highest BCUT2D eigenvalue weighted by molar-refractivity contribution is 5.75. The molecule has 1 aromatic carbocycles. The number of carbonyl (C=O) groups is 1. The minimum absolute atomic E-state index is 0.148. The molecule has 0 aliphatic heterocycles. The van der Waals surface area contributed by atoms with E-state index in [2.05, 4.69) is 19.3 Å². The van der Waals surface area contributed by atoms with Gasteiger partial charge in [-0.05, 0) is 30.0 Å². The van der Waals surface area contributed by atoms with Crippen LogP contribution in [0.2, 0.25) is 0 Å². The van der Waals surface area contributed by atoms with Crippen LogP contribution in [0.1, 0.15) is 25.8 Å². The minimum Gasteiger partial charge on any atom is -0.493 e. The molecule has 1 amide bonds. The highest BCUT2D eigenvalue weighted by Crippen LogP contribution is 2.14. The largest absolute Gasteiger partial charge is 0.493 e. The summed E-state index contributed by atoms with van der Waals surface area (Å²) in [6.45, 7) is 4.94. The number of hydrogen-bond acceptors (Lipinski definition) is 3. The molecule has 0 saturated carbocycles. The molecule has 0 heterocycles. The monoisotopic (exact) mass is 236 g/mol. The van der Waals surface area contributed by atoms with Gasteiger partial charge in [0.1, 0.15) is 5.75 Å². The predicted octanol–water partition coefficient (Wildman–Crippen LogP) is 1.64. The first kappa shape index (κ1) is 13.5. The van der Waals surface area contributed by atoms with Crippen LogP contribution in [0.3, 0.4) is 0 Å². The molecule has 0 saturated heterocycles. The molecule has 0 unspecified atom stereocenters. The van der Waals surface area contributed by atoms with Gasteiger partial charge in [-0.15, -0.1) is 0 Å². The zero-order chi connectivity index (χ0) is 12.7. The summed E-state index contributed by atoms with van der Waals surface area (Å²) < 4.78 is 5.57. The van der Waals surface area contributed by atoms with Crippen molar-refractivity contribution in [2.45, 2.75) is 26.7 Å². The summed E-state index contributed by atoms with van der Waals surface area (Å²) in [6.07, 6.45) is 1.09. The summed E-state index contributed by atoms with van der Waals surface area (Å²) in [5.41, 5.74) is 3.22. The zero-order valence-electron chi connectivity index (χ0n) is 10.4. The molecule has 0 aliphatic rings. The molecule has 0 bridgehead atoms. The molecule has 0 atom stereocenters. The van der Waals surface area contributed by atoms with Crippen LogP contribution < -0.4 is 16.0 Å². The van der Waals surface area contributed by atoms with Crippen LogP contribution in [0.15, 0.2) is 24.3 Å². The molecule has 94 valence electrons. The molecule has 0 fully saturated rings. The number of nitrogens with one attached hydrogen (secondary N) is 1. The molecule has 4 heteroatoms. The first-order chi connectivity index (χ1) is 8.11. The van der Waals surface area contributed by atoms with Crippen LogP contribution in [0, 0.1) is 5.92 Å². The van der Waals surface area contributed by atoms with Crippen molar-refractivity contribution in [1.82, 2.24) is 5.43 Å². The van der Waals surface area contributed by atoms with Gasteiger partial charge in [-0.25, -0.2) is 5.84 Å². The Hall–Kier alpha value is -1.55. The Morgan fingerprint density at radius 1 is 1.35 bits per heavy atom. The normalized spacial score (nSPS) is 10.4. The molecule has 17 heavy (non-hydrogen) atoms. The van der Waals surface area contributed by atoms with E-state index < -0.39 is 0 Å². The van der Waals surface area contributed by atoms with Gasteiger partial charge in [-0.3, -0.25) is 10.2 Å². The molecular formula is C13H20N2O2. The van der Waals surface area contributed by atoms with E-state index in [1.54, 1.807) is 0 Å². The van der Waals surface area contributed by atoms with Gasteiger partial charge in [-0.1, -0.05) is 26.0 Å². The average molecular weight is 236 g/mol. The third kappa shape index (κ3) is 5.36. The fourth-order valence-electron chi connectivity index (χ4n) is 1.35. The van der Waals surface area contributed by atoms with Crippen LogP contribution in [0.4, 0.5) is 0 Å². The summed E-state index contributed by atoms with van der Waals surface area (Å²) >= 11 is 0. The molecule has 1 aromatic rings. The van der Waals surface area contributed by atoms with E-state index in [0.717, 1.165) is 17.9 Å². The predicted molar refractivity (Wildman–Crippen MR) is 67.4 cm³/mol. The lowest BCUT2D eigenvalue weighted by atomic mass is 10.1. The lowest BCUT2D eigenvalue weighted by Crippen LogP contribution is -2.30. The van der Waals surface area contributed by atoms with E-state index in [0.29, 0.717) is 18.8 Å². The molecule has 1 rings (SSSR count). The number of hydrazine groups is 1. The number of benzene rings is 1. The first-order valence-corrected chi connectivity index (χ1v) is 5.83. The van der Waals surface area contributed by atoms with Crippen molar-refractivity contribution in [1.29, 1.82) is 0 Å². The third-order valence-corrected chi connectivity index (χ3v) is 2.31. The summed E-state index contributed by atoms with van der Waals surface area (Å²) in [5, 5.41) is 0. The van der Waals surface area contributed by atoms with Crippen molar-refractivity contribution in [2.75, 3.05) is 6.61 Å². The van der Waals surface area contributed by atoms with Crippen LogP contribution in [-0.2, 0) is 11.2 Å².